The minimum atomic E-state index is 0.0724. The number of amides is 1. The number of carbonyl (C=O) groups excluding carboxylic acids is 1. The van der Waals surface area contributed by atoms with Gasteiger partial charge in [-0.2, -0.15) is 5.10 Å². The number of benzene rings is 1. The molecule has 0 N–H and O–H groups in total. The Morgan fingerprint density at radius 1 is 1.03 bits per heavy atom. The van der Waals surface area contributed by atoms with E-state index in [1.54, 1.807) is 0 Å². The van der Waals surface area contributed by atoms with Crippen molar-refractivity contribution in [1.29, 1.82) is 0 Å². The van der Waals surface area contributed by atoms with Gasteiger partial charge in [-0.25, -0.2) is 9.50 Å². The fourth-order valence-electron chi connectivity index (χ4n) is 4.49. The minimum Gasteiger partial charge on any atom is -0.370 e. The maximum Gasteiger partial charge on any atom is 0.256 e. The third-order valence-electron chi connectivity index (χ3n) is 6.40. The maximum atomic E-state index is 13.5. The van der Waals surface area contributed by atoms with Gasteiger partial charge in [0.1, 0.15) is 0 Å². The molecule has 0 bridgehead atoms. The molecular formula is C23H28N6O. The van der Waals surface area contributed by atoms with Crippen LogP contribution in [-0.2, 0) is 13.1 Å². The number of aryl methyl sites for hydroxylation is 2. The third kappa shape index (κ3) is 3.23. The summed E-state index contributed by atoms with van der Waals surface area (Å²) in [5.74, 6) is 0.0724. The van der Waals surface area contributed by atoms with E-state index in [0.717, 1.165) is 72.0 Å². The van der Waals surface area contributed by atoms with Gasteiger partial charge in [0.05, 0.1) is 24.3 Å². The third-order valence-corrected chi connectivity index (χ3v) is 6.40. The van der Waals surface area contributed by atoms with E-state index < -0.39 is 0 Å². The SMILES string of the molecule is Cc1cn2nc3c(c2nc1C)CN(C(=O)c1ccccc1N1CCCN(C)CC1)C3. The van der Waals surface area contributed by atoms with E-state index in [2.05, 4.69) is 22.9 Å². The van der Waals surface area contributed by atoms with Crippen LogP contribution < -0.4 is 4.90 Å². The number of anilines is 1. The number of aromatic nitrogens is 3. The highest BCUT2D eigenvalue weighted by atomic mass is 16.2. The molecule has 2 aliphatic heterocycles. The number of rotatable bonds is 2. The van der Waals surface area contributed by atoms with Crippen molar-refractivity contribution >= 4 is 17.2 Å². The molecule has 1 aromatic carbocycles. The molecule has 0 atom stereocenters. The molecule has 1 saturated heterocycles. The molecule has 1 amide bonds. The predicted octanol–water partition coefficient (Wildman–Crippen LogP) is 2.64. The van der Waals surface area contributed by atoms with E-state index in [1.807, 2.05) is 47.7 Å². The monoisotopic (exact) mass is 404 g/mol. The number of likely N-dealkylation sites (N-methyl/N-ethyl adjacent to an activating group) is 1. The molecule has 30 heavy (non-hydrogen) atoms. The van der Waals surface area contributed by atoms with Gasteiger partial charge in [0.15, 0.2) is 5.65 Å². The highest BCUT2D eigenvalue weighted by Crippen LogP contribution is 2.30. The first-order valence-electron chi connectivity index (χ1n) is 10.7. The smallest absolute Gasteiger partial charge is 0.256 e. The van der Waals surface area contributed by atoms with Crippen LogP contribution in [0.5, 0.6) is 0 Å². The van der Waals surface area contributed by atoms with Crippen LogP contribution in [0.25, 0.3) is 5.65 Å². The van der Waals surface area contributed by atoms with Gasteiger partial charge in [-0.05, 0) is 51.6 Å². The predicted molar refractivity (Wildman–Crippen MR) is 117 cm³/mol. The summed E-state index contributed by atoms with van der Waals surface area (Å²) in [7, 11) is 2.16. The van der Waals surface area contributed by atoms with Gasteiger partial charge in [0, 0.05) is 42.8 Å². The molecule has 0 saturated carbocycles. The van der Waals surface area contributed by atoms with Gasteiger partial charge in [0.2, 0.25) is 0 Å². The molecule has 0 unspecified atom stereocenters. The van der Waals surface area contributed by atoms with E-state index in [-0.39, 0.29) is 5.91 Å². The molecule has 2 aliphatic rings. The molecular weight excluding hydrogens is 376 g/mol. The maximum absolute atomic E-state index is 13.5. The summed E-state index contributed by atoms with van der Waals surface area (Å²) in [5.41, 5.74) is 6.84. The van der Waals surface area contributed by atoms with Gasteiger partial charge >= 0.3 is 0 Å². The minimum absolute atomic E-state index is 0.0724. The average Bonchev–Trinajstić information content (AvgIpc) is 3.20. The normalized spacial score (nSPS) is 17.4. The molecule has 5 rings (SSSR count). The summed E-state index contributed by atoms with van der Waals surface area (Å²) < 4.78 is 1.86. The van der Waals surface area contributed by atoms with E-state index >= 15 is 0 Å². The zero-order valence-electron chi connectivity index (χ0n) is 17.9. The van der Waals surface area contributed by atoms with Gasteiger partial charge in [-0.1, -0.05) is 12.1 Å². The molecule has 0 radical (unpaired) electrons. The second-order valence-electron chi connectivity index (χ2n) is 8.52. The van der Waals surface area contributed by atoms with E-state index in [0.29, 0.717) is 13.1 Å². The van der Waals surface area contributed by atoms with Crippen LogP contribution in [0.15, 0.2) is 30.5 Å². The standard InChI is InChI=1S/C23H28N6O/c1-16-13-29-22(24-17(16)2)19-14-28(15-20(19)25-29)23(30)18-7-4-5-8-21(18)27-10-6-9-26(3)11-12-27/h4-5,7-8,13H,6,9-12,14-15H2,1-3H3. The Bertz CT molecular complexity index is 1120. The number of nitrogens with zero attached hydrogens (tertiary/aromatic N) is 6. The Kier molecular flexibility index (Phi) is 4.70. The van der Waals surface area contributed by atoms with E-state index in [1.165, 1.54) is 0 Å². The lowest BCUT2D eigenvalue weighted by molar-refractivity contribution is 0.0750. The van der Waals surface area contributed by atoms with Crippen LogP contribution in [0.2, 0.25) is 0 Å². The number of hydrogen-bond acceptors (Lipinski definition) is 5. The van der Waals surface area contributed by atoms with Crippen molar-refractivity contribution in [1.82, 2.24) is 24.4 Å². The molecule has 0 spiro atoms. The largest absolute Gasteiger partial charge is 0.370 e. The summed E-state index contributed by atoms with van der Waals surface area (Å²) in [4.78, 5) is 24.9. The van der Waals surface area contributed by atoms with Crippen LogP contribution in [-0.4, -0.2) is 63.5 Å². The summed E-state index contributed by atoms with van der Waals surface area (Å²) >= 11 is 0. The second kappa shape index (κ2) is 7.40. The number of para-hydroxylation sites is 1. The van der Waals surface area contributed by atoms with Crippen LogP contribution in [0.1, 0.15) is 39.3 Å². The van der Waals surface area contributed by atoms with Crippen molar-refractivity contribution in [2.24, 2.45) is 0 Å². The number of fused-ring (bicyclic) bond motifs is 3. The summed E-state index contributed by atoms with van der Waals surface area (Å²) in [6, 6.07) is 8.03. The number of hydrogen-bond donors (Lipinski definition) is 0. The van der Waals surface area contributed by atoms with E-state index in [4.69, 9.17) is 10.1 Å². The fraction of sp³-hybridized carbons (Fsp3) is 0.435. The van der Waals surface area contributed by atoms with Crippen molar-refractivity contribution in [3.63, 3.8) is 0 Å². The zero-order chi connectivity index (χ0) is 20.8. The Morgan fingerprint density at radius 3 is 2.73 bits per heavy atom. The molecule has 156 valence electrons. The lowest BCUT2D eigenvalue weighted by Gasteiger charge is -2.26. The van der Waals surface area contributed by atoms with Gasteiger partial charge in [-0.15, -0.1) is 0 Å². The summed E-state index contributed by atoms with van der Waals surface area (Å²) in [5, 5.41) is 4.70. The van der Waals surface area contributed by atoms with Crippen LogP contribution in [0, 0.1) is 13.8 Å². The molecule has 0 aliphatic carbocycles. The van der Waals surface area contributed by atoms with Crippen molar-refractivity contribution < 1.29 is 4.79 Å². The topological polar surface area (TPSA) is 57.0 Å². The Hall–Kier alpha value is -2.93. The zero-order valence-corrected chi connectivity index (χ0v) is 17.9. The molecule has 7 nitrogen and oxygen atoms in total. The fourth-order valence-corrected chi connectivity index (χ4v) is 4.49. The molecule has 7 heteroatoms. The lowest BCUT2D eigenvalue weighted by Crippen LogP contribution is -2.32. The van der Waals surface area contributed by atoms with Crippen molar-refractivity contribution in [3.8, 4) is 0 Å². The van der Waals surface area contributed by atoms with Gasteiger partial charge in [0.25, 0.3) is 5.91 Å². The van der Waals surface area contributed by atoms with Crippen LogP contribution in [0.4, 0.5) is 5.69 Å². The first kappa shape index (κ1) is 19.1. The molecule has 2 aromatic heterocycles. The van der Waals surface area contributed by atoms with Crippen LogP contribution >= 0.6 is 0 Å². The molecule has 1 fully saturated rings. The highest BCUT2D eigenvalue weighted by molar-refractivity contribution is 6.00. The van der Waals surface area contributed by atoms with Gasteiger partial charge in [-0.3, -0.25) is 4.79 Å². The average molecular weight is 405 g/mol. The van der Waals surface area contributed by atoms with Crippen molar-refractivity contribution in [3.05, 3.63) is 58.5 Å². The Labute approximate surface area is 176 Å². The lowest BCUT2D eigenvalue weighted by atomic mass is 10.1. The van der Waals surface area contributed by atoms with E-state index in [9.17, 15) is 4.79 Å². The second-order valence-corrected chi connectivity index (χ2v) is 8.52. The van der Waals surface area contributed by atoms with Crippen molar-refractivity contribution in [2.75, 3.05) is 38.1 Å². The van der Waals surface area contributed by atoms with Gasteiger partial charge < -0.3 is 14.7 Å². The molecule has 4 heterocycles. The first-order valence-corrected chi connectivity index (χ1v) is 10.7. The summed E-state index contributed by atoms with van der Waals surface area (Å²) in [6.45, 7) is 9.18. The molecule has 3 aromatic rings. The highest BCUT2D eigenvalue weighted by Gasteiger charge is 2.31. The summed E-state index contributed by atoms with van der Waals surface area (Å²) in [6.07, 6.45) is 3.13. The number of carbonyl (C=O) groups is 1. The first-order chi connectivity index (χ1) is 14.5. The van der Waals surface area contributed by atoms with Crippen molar-refractivity contribution in [2.45, 2.75) is 33.4 Å². The Balaban J connectivity index is 1.42. The quantitative estimate of drug-likeness (QED) is 0.657. The Morgan fingerprint density at radius 2 is 1.87 bits per heavy atom. The van der Waals surface area contributed by atoms with Crippen LogP contribution in [0.3, 0.4) is 0 Å².